The zero-order valence-electron chi connectivity index (χ0n) is 14.9. The average Bonchev–Trinajstić information content (AvgIpc) is 2.72. The lowest BCUT2D eigenvalue weighted by molar-refractivity contribution is -0.384. The molecular formula is C22H13NO6. The van der Waals surface area contributed by atoms with Gasteiger partial charge in [-0.2, -0.15) is 0 Å². The number of carbonyl (C=O) groups is 1. The van der Waals surface area contributed by atoms with Crippen molar-refractivity contribution < 1.29 is 18.9 Å². The number of benzene rings is 3. The van der Waals surface area contributed by atoms with Crippen molar-refractivity contribution in [2.45, 2.75) is 0 Å². The first kappa shape index (κ1) is 18.1. The maximum Gasteiger partial charge on any atom is 0.344 e. The SMILES string of the molecule is O=C(C=Cc1cccc([N+](=O)[O-])c1)Oc1ccc2c(c1)oc(=O)c1ccccc12. The van der Waals surface area contributed by atoms with Gasteiger partial charge in [-0.15, -0.1) is 0 Å². The third-order valence-electron chi connectivity index (χ3n) is 4.30. The molecule has 0 spiro atoms. The Hall–Kier alpha value is -4.26. The van der Waals surface area contributed by atoms with E-state index in [0.717, 1.165) is 10.8 Å². The number of fused-ring (bicyclic) bond motifs is 3. The van der Waals surface area contributed by atoms with Gasteiger partial charge < -0.3 is 9.15 Å². The van der Waals surface area contributed by atoms with Crippen molar-refractivity contribution in [1.82, 2.24) is 0 Å². The van der Waals surface area contributed by atoms with Crippen molar-refractivity contribution in [1.29, 1.82) is 0 Å². The summed E-state index contributed by atoms with van der Waals surface area (Å²) in [5.41, 5.74) is 0.258. The molecule has 0 amide bonds. The molecule has 0 bridgehead atoms. The van der Waals surface area contributed by atoms with Crippen molar-refractivity contribution in [3.63, 3.8) is 0 Å². The van der Waals surface area contributed by atoms with Gasteiger partial charge in [0.05, 0.1) is 10.3 Å². The van der Waals surface area contributed by atoms with Crippen LogP contribution in [0, 0.1) is 10.1 Å². The zero-order chi connectivity index (χ0) is 20.4. The maximum absolute atomic E-state index is 12.1. The highest BCUT2D eigenvalue weighted by molar-refractivity contribution is 6.04. The van der Waals surface area contributed by atoms with Gasteiger partial charge in [-0.25, -0.2) is 9.59 Å². The van der Waals surface area contributed by atoms with Gasteiger partial charge in [0.15, 0.2) is 0 Å². The first-order chi connectivity index (χ1) is 14.0. The van der Waals surface area contributed by atoms with E-state index in [4.69, 9.17) is 9.15 Å². The number of nitro benzene ring substituents is 1. The molecule has 4 aromatic rings. The van der Waals surface area contributed by atoms with Crippen LogP contribution in [0.25, 0.3) is 27.8 Å². The molecule has 7 heteroatoms. The monoisotopic (exact) mass is 387 g/mol. The highest BCUT2D eigenvalue weighted by Crippen LogP contribution is 2.26. The molecule has 3 aromatic carbocycles. The Morgan fingerprint density at radius 2 is 1.76 bits per heavy atom. The van der Waals surface area contributed by atoms with E-state index < -0.39 is 16.5 Å². The molecule has 7 nitrogen and oxygen atoms in total. The van der Waals surface area contributed by atoms with Gasteiger partial charge in [-0.3, -0.25) is 10.1 Å². The number of hydrogen-bond donors (Lipinski definition) is 0. The van der Waals surface area contributed by atoms with Gasteiger partial charge in [-0.1, -0.05) is 30.3 Å². The van der Waals surface area contributed by atoms with Gasteiger partial charge in [0.25, 0.3) is 5.69 Å². The molecule has 1 aromatic heterocycles. The smallest absolute Gasteiger partial charge is 0.344 e. The molecule has 142 valence electrons. The lowest BCUT2D eigenvalue weighted by atomic mass is 10.1. The predicted octanol–water partition coefficient (Wildman–Crippen LogP) is 4.47. The number of carbonyl (C=O) groups excluding carboxylic acids is 1. The van der Waals surface area contributed by atoms with Crippen molar-refractivity contribution in [2.75, 3.05) is 0 Å². The number of non-ortho nitro benzene ring substituents is 1. The van der Waals surface area contributed by atoms with E-state index in [2.05, 4.69) is 0 Å². The molecule has 0 fully saturated rings. The Bertz CT molecular complexity index is 1350. The molecule has 0 aliphatic carbocycles. The zero-order valence-corrected chi connectivity index (χ0v) is 14.9. The van der Waals surface area contributed by atoms with Crippen molar-refractivity contribution in [2.24, 2.45) is 0 Å². The van der Waals surface area contributed by atoms with Gasteiger partial charge in [0.2, 0.25) is 0 Å². The van der Waals surface area contributed by atoms with Gasteiger partial charge in [0.1, 0.15) is 11.3 Å². The van der Waals surface area contributed by atoms with Crippen LogP contribution < -0.4 is 10.4 Å². The maximum atomic E-state index is 12.1. The van der Waals surface area contributed by atoms with Crippen molar-refractivity contribution in [3.05, 3.63) is 98.9 Å². The second-order valence-corrected chi connectivity index (χ2v) is 6.20. The summed E-state index contributed by atoms with van der Waals surface area (Å²) >= 11 is 0. The molecule has 0 saturated carbocycles. The average molecular weight is 387 g/mol. The normalized spacial score (nSPS) is 11.2. The van der Waals surface area contributed by atoms with Crippen LogP contribution in [0.4, 0.5) is 5.69 Å². The fourth-order valence-electron chi connectivity index (χ4n) is 2.98. The van der Waals surface area contributed by atoms with E-state index in [1.165, 1.54) is 36.4 Å². The topological polar surface area (TPSA) is 99.7 Å². The molecular weight excluding hydrogens is 374 g/mol. The molecule has 0 radical (unpaired) electrons. The van der Waals surface area contributed by atoms with Crippen LogP contribution in [0.3, 0.4) is 0 Å². The quantitative estimate of drug-likeness (QED) is 0.0974. The van der Waals surface area contributed by atoms with Crippen LogP contribution in [-0.4, -0.2) is 10.9 Å². The fraction of sp³-hybridized carbons (Fsp3) is 0. The molecule has 1 heterocycles. The molecule has 29 heavy (non-hydrogen) atoms. The molecule has 0 aliphatic heterocycles. The standard InChI is InChI=1S/C22H13NO6/c24-21(11-8-14-4-3-5-15(12-14)23(26)27)28-16-9-10-18-17-6-1-2-7-19(17)22(25)29-20(18)13-16/h1-13H. The largest absolute Gasteiger partial charge is 0.423 e. The minimum absolute atomic E-state index is 0.0719. The van der Waals surface area contributed by atoms with E-state index in [0.29, 0.717) is 16.5 Å². The van der Waals surface area contributed by atoms with E-state index in [1.807, 2.05) is 12.1 Å². The Balaban J connectivity index is 1.58. The molecule has 4 rings (SSSR count). The third-order valence-corrected chi connectivity index (χ3v) is 4.30. The number of rotatable bonds is 4. The third kappa shape index (κ3) is 3.74. The lowest BCUT2D eigenvalue weighted by Gasteiger charge is -2.05. The van der Waals surface area contributed by atoms with E-state index >= 15 is 0 Å². The van der Waals surface area contributed by atoms with Crippen LogP contribution >= 0.6 is 0 Å². The summed E-state index contributed by atoms with van der Waals surface area (Å²) in [7, 11) is 0. The molecule has 0 atom stereocenters. The summed E-state index contributed by atoms with van der Waals surface area (Å²) in [5.74, 6) is -0.455. The molecule has 0 aliphatic rings. The summed E-state index contributed by atoms with van der Waals surface area (Å²) in [4.78, 5) is 34.5. The summed E-state index contributed by atoms with van der Waals surface area (Å²) < 4.78 is 10.6. The van der Waals surface area contributed by atoms with Crippen LogP contribution in [0.15, 0.2) is 82.0 Å². The highest BCUT2D eigenvalue weighted by Gasteiger charge is 2.09. The number of nitro groups is 1. The minimum Gasteiger partial charge on any atom is -0.423 e. The summed E-state index contributed by atoms with van der Waals surface area (Å²) in [6.45, 7) is 0. The summed E-state index contributed by atoms with van der Waals surface area (Å²) in [6.07, 6.45) is 2.59. The first-order valence-corrected chi connectivity index (χ1v) is 8.61. The van der Waals surface area contributed by atoms with Crippen LogP contribution in [-0.2, 0) is 4.79 Å². The highest BCUT2D eigenvalue weighted by atomic mass is 16.6. The Labute approximate surface area is 163 Å². The Morgan fingerprint density at radius 3 is 2.55 bits per heavy atom. The fourth-order valence-corrected chi connectivity index (χ4v) is 2.98. The van der Waals surface area contributed by atoms with E-state index in [1.54, 1.807) is 30.3 Å². The predicted molar refractivity (Wildman–Crippen MR) is 108 cm³/mol. The Morgan fingerprint density at radius 1 is 0.966 bits per heavy atom. The van der Waals surface area contributed by atoms with Crippen LogP contribution in [0.1, 0.15) is 5.56 Å². The summed E-state index contributed by atoms with van der Waals surface area (Å²) in [6, 6.07) is 17.8. The van der Waals surface area contributed by atoms with Crippen molar-refractivity contribution >= 4 is 39.5 Å². The second-order valence-electron chi connectivity index (χ2n) is 6.20. The van der Waals surface area contributed by atoms with Gasteiger partial charge in [0, 0.05) is 29.7 Å². The number of hydrogen-bond acceptors (Lipinski definition) is 6. The van der Waals surface area contributed by atoms with Crippen LogP contribution in [0.5, 0.6) is 5.75 Å². The van der Waals surface area contributed by atoms with E-state index in [9.17, 15) is 19.7 Å². The number of esters is 1. The van der Waals surface area contributed by atoms with Crippen LogP contribution in [0.2, 0.25) is 0 Å². The first-order valence-electron chi connectivity index (χ1n) is 8.61. The summed E-state index contributed by atoms with van der Waals surface area (Å²) in [5, 5.41) is 12.8. The Kier molecular flexibility index (Phi) is 4.62. The van der Waals surface area contributed by atoms with Crippen molar-refractivity contribution in [3.8, 4) is 5.75 Å². The molecule has 0 N–H and O–H groups in total. The van der Waals surface area contributed by atoms with Gasteiger partial charge in [-0.05, 0) is 35.2 Å². The second kappa shape index (κ2) is 7.40. The lowest BCUT2D eigenvalue weighted by Crippen LogP contribution is -2.04. The number of nitrogens with zero attached hydrogens (tertiary/aromatic N) is 1. The number of ether oxygens (including phenoxy) is 1. The van der Waals surface area contributed by atoms with Gasteiger partial charge >= 0.3 is 11.6 Å². The molecule has 0 saturated heterocycles. The van der Waals surface area contributed by atoms with E-state index in [-0.39, 0.29) is 11.4 Å². The minimum atomic E-state index is -0.668. The molecule has 0 unspecified atom stereocenters.